The quantitative estimate of drug-likeness (QED) is 0.777. The summed E-state index contributed by atoms with van der Waals surface area (Å²) in [5, 5.41) is 0. The van der Waals surface area contributed by atoms with E-state index in [0.717, 1.165) is 44.8 Å². The van der Waals surface area contributed by atoms with Crippen molar-refractivity contribution in [3.05, 3.63) is 24.4 Å². The molecular formula is C20H30N4O2. The lowest BCUT2D eigenvalue weighted by Gasteiger charge is -2.39. The van der Waals surface area contributed by atoms with Gasteiger partial charge in [0.2, 0.25) is 11.8 Å². The Labute approximate surface area is 156 Å². The minimum atomic E-state index is -0.989. The summed E-state index contributed by atoms with van der Waals surface area (Å²) in [5.74, 6) is 0.878. The number of nitrogens with zero attached hydrogens (tertiary/aromatic N) is 4. The number of anilines is 1. The van der Waals surface area contributed by atoms with Gasteiger partial charge in [-0.25, -0.2) is 4.98 Å². The Morgan fingerprint density at radius 1 is 0.846 bits per heavy atom. The predicted octanol–water partition coefficient (Wildman–Crippen LogP) is 2.16. The molecular weight excluding hydrogens is 328 g/mol. The average molecular weight is 358 g/mol. The highest BCUT2D eigenvalue weighted by atomic mass is 16.2. The summed E-state index contributed by atoms with van der Waals surface area (Å²) in [4.78, 5) is 36.4. The van der Waals surface area contributed by atoms with Gasteiger partial charge < -0.3 is 14.7 Å². The van der Waals surface area contributed by atoms with Crippen LogP contribution in [0.2, 0.25) is 0 Å². The third kappa shape index (κ3) is 4.00. The second kappa shape index (κ2) is 8.06. The summed E-state index contributed by atoms with van der Waals surface area (Å²) in [6.45, 7) is 7.89. The van der Waals surface area contributed by atoms with Gasteiger partial charge in [0.15, 0.2) is 0 Å². The van der Waals surface area contributed by atoms with Crippen molar-refractivity contribution in [2.75, 3.05) is 44.2 Å². The molecule has 2 fully saturated rings. The van der Waals surface area contributed by atoms with Crippen molar-refractivity contribution in [2.45, 2.75) is 39.5 Å². The molecule has 6 nitrogen and oxygen atoms in total. The molecule has 6 heteroatoms. The highest BCUT2D eigenvalue weighted by Gasteiger charge is 2.42. The molecule has 2 saturated heterocycles. The maximum atomic E-state index is 13.1. The predicted molar refractivity (Wildman–Crippen MR) is 102 cm³/mol. The van der Waals surface area contributed by atoms with Gasteiger partial charge in [0.25, 0.3) is 0 Å². The largest absolute Gasteiger partial charge is 0.353 e. The van der Waals surface area contributed by atoms with Crippen LogP contribution < -0.4 is 4.90 Å². The van der Waals surface area contributed by atoms with Gasteiger partial charge in [0.05, 0.1) is 0 Å². The van der Waals surface area contributed by atoms with Gasteiger partial charge in [0.1, 0.15) is 11.2 Å². The van der Waals surface area contributed by atoms with E-state index in [4.69, 9.17) is 0 Å². The van der Waals surface area contributed by atoms with Crippen LogP contribution in [0.5, 0.6) is 0 Å². The molecule has 0 saturated carbocycles. The van der Waals surface area contributed by atoms with E-state index in [9.17, 15) is 9.59 Å². The highest BCUT2D eigenvalue weighted by Crippen LogP contribution is 2.25. The standard InChI is InChI=1S/C20H30N4O2/c1-20(2,18(25)23-11-7-3-4-8-12-23)19(26)24-15-13-22(14-16-24)17-9-5-6-10-21-17/h5-6,9-10H,3-4,7-8,11-16H2,1-2H3. The number of pyridine rings is 1. The molecule has 3 heterocycles. The number of amides is 2. The van der Waals surface area contributed by atoms with Crippen molar-refractivity contribution in [3.8, 4) is 0 Å². The van der Waals surface area contributed by atoms with E-state index in [1.54, 1.807) is 20.0 Å². The van der Waals surface area contributed by atoms with Crippen LogP contribution in [-0.4, -0.2) is 65.9 Å². The minimum Gasteiger partial charge on any atom is -0.353 e. The first-order chi connectivity index (χ1) is 12.5. The molecule has 2 aliphatic rings. The molecule has 26 heavy (non-hydrogen) atoms. The van der Waals surface area contributed by atoms with Crippen LogP contribution in [0.3, 0.4) is 0 Å². The molecule has 1 aromatic heterocycles. The van der Waals surface area contributed by atoms with Crippen molar-refractivity contribution in [1.29, 1.82) is 0 Å². The molecule has 0 radical (unpaired) electrons. The Hall–Kier alpha value is -2.11. The van der Waals surface area contributed by atoms with Gasteiger partial charge in [-0.2, -0.15) is 0 Å². The normalized spacial score (nSPS) is 19.2. The van der Waals surface area contributed by atoms with E-state index in [2.05, 4.69) is 9.88 Å². The summed E-state index contributed by atoms with van der Waals surface area (Å²) in [5.41, 5.74) is -0.989. The molecule has 142 valence electrons. The van der Waals surface area contributed by atoms with Crippen LogP contribution in [0.15, 0.2) is 24.4 Å². The van der Waals surface area contributed by atoms with Gasteiger partial charge in [-0.15, -0.1) is 0 Å². The van der Waals surface area contributed by atoms with Gasteiger partial charge in [-0.05, 0) is 38.8 Å². The molecule has 3 rings (SSSR count). The minimum absolute atomic E-state index is 0.0171. The maximum Gasteiger partial charge on any atom is 0.237 e. The number of piperazine rings is 1. The molecule has 0 spiro atoms. The molecule has 0 aromatic carbocycles. The monoisotopic (exact) mass is 358 g/mol. The van der Waals surface area contributed by atoms with Crippen molar-refractivity contribution >= 4 is 17.6 Å². The number of carbonyl (C=O) groups excluding carboxylic acids is 2. The Balaban J connectivity index is 1.60. The molecule has 2 amide bonds. The first-order valence-electron chi connectivity index (χ1n) is 9.75. The third-order valence-electron chi connectivity index (χ3n) is 5.50. The van der Waals surface area contributed by atoms with Crippen molar-refractivity contribution in [2.24, 2.45) is 5.41 Å². The van der Waals surface area contributed by atoms with E-state index in [1.165, 1.54) is 12.8 Å². The van der Waals surface area contributed by atoms with Gasteiger partial charge in [0, 0.05) is 45.5 Å². The molecule has 0 bridgehead atoms. The zero-order chi connectivity index (χ0) is 18.6. The number of hydrogen-bond donors (Lipinski definition) is 0. The van der Waals surface area contributed by atoms with Crippen LogP contribution in [0, 0.1) is 5.41 Å². The Bertz CT molecular complexity index is 616. The zero-order valence-electron chi connectivity index (χ0n) is 16.0. The zero-order valence-corrected chi connectivity index (χ0v) is 16.0. The summed E-state index contributed by atoms with van der Waals surface area (Å²) >= 11 is 0. The Morgan fingerprint density at radius 3 is 1.96 bits per heavy atom. The SMILES string of the molecule is CC(C)(C(=O)N1CCCCCC1)C(=O)N1CCN(c2ccccn2)CC1. The van der Waals surface area contributed by atoms with E-state index in [-0.39, 0.29) is 11.8 Å². The summed E-state index contributed by atoms with van der Waals surface area (Å²) in [7, 11) is 0. The van der Waals surface area contributed by atoms with Gasteiger partial charge >= 0.3 is 0 Å². The lowest BCUT2D eigenvalue weighted by Crippen LogP contribution is -2.56. The first kappa shape index (κ1) is 18.7. The second-order valence-electron chi connectivity index (χ2n) is 7.80. The highest BCUT2D eigenvalue weighted by molar-refractivity contribution is 6.04. The van der Waals surface area contributed by atoms with E-state index in [0.29, 0.717) is 13.1 Å². The van der Waals surface area contributed by atoms with Crippen molar-refractivity contribution in [1.82, 2.24) is 14.8 Å². The lowest BCUT2D eigenvalue weighted by molar-refractivity contribution is -0.154. The molecule has 0 aliphatic carbocycles. The number of rotatable bonds is 3. The maximum absolute atomic E-state index is 13.1. The number of carbonyl (C=O) groups is 2. The van der Waals surface area contributed by atoms with Gasteiger partial charge in [-0.3, -0.25) is 9.59 Å². The molecule has 0 unspecified atom stereocenters. The molecule has 0 N–H and O–H groups in total. The van der Waals surface area contributed by atoms with Gasteiger partial charge in [-0.1, -0.05) is 18.9 Å². The smallest absolute Gasteiger partial charge is 0.237 e. The van der Waals surface area contributed by atoms with E-state index in [1.807, 2.05) is 28.0 Å². The van der Waals surface area contributed by atoms with E-state index >= 15 is 0 Å². The van der Waals surface area contributed by atoms with Crippen LogP contribution in [0.1, 0.15) is 39.5 Å². The fourth-order valence-corrected chi connectivity index (χ4v) is 3.84. The van der Waals surface area contributed by atoms with E-state index < -0.39 is 5.41 Å². The third-order valence-corrected chi connectivity index (χ3v) is 5.50. The second-order valence-corrected chi connectivity index (χ2v) is 7.80. The summed E-state index contributed by atoms with van der Waals surface area (Å²) < 4.78 is 0. The number of likely N-dealkylation sites (tertiary alicyclic amines) is 1. The Kier molecular flexibility index (Phi) is 5.79. The Morgan fingerprint density at radius 2 is 1.42 bits per heavy atom. The van der Waals surface area contributed by atoms with Crippen LogP contribution in [0.4, 0.5) is 5.82 Å². The fourth-order valence-electron chi connectivity index (χ4n) is 3.84. The summed E-state index contributed by atoms with van der Waals surface area (Å²) in [6.07, 6.45) is 6.22. The number of hydrogen-bond acceptors (Lipinski definition) is 4. The lowest BCUT2D eigenvalue weighted by atomic mass is 9.89. The fraction of sp³-hybridized carbons (Fsp3) is 0.650. The molecule has 2 aliphatic heterocycles. The van der Waals surface area contributed by atoms with Crippen molar-refractivity contribution in [3.63, 3.8) is 0 Å². The van der Waals surface area contributed by atoms with Crippen LogP contribution >= 0.6 is 0 Å². The topological polar surface area (TPSA) is 56.8 Å². The van der Waals surface area contributed by atoms with Crippen LogP contribution in [-0.2, 0) is 9.59 Å². The average Bonchev–Trinajstić information content (AvgIpc) is 2.97. The molecule has 1 aromatic rings. The molecule has 0 atom stereocenters. The van der Waals surface area contributed by atoms with Crippen molar-refractivity contribution < 1.29 is 9.59 Å². The van der Waals surface area contributed by atoms with Crippen LogP contribution in [0.25, 0.3) is 0 Å². The first-order valence-corrected chi connectivity index (χ1v) is 9.75. The number of aromatic nitrogens is 1. The summed E-state index contributed by atoms with van der Waals surface area (Å²) in [6, 6.07) is 5.87.